The van der Waals surface area contributed by atoms with Gasteiger partial charge in [0.2, 0.25) is 0 Å². The number of rotatable bonds is 4. The van der Waals surface area contributed by atoms with Crippen molar-refractivity contribution in [2.45, 2.75) is 19.1 Å². The van der Waals surface area contributed by atoms with Gasteiger partial charge >= 0.3 is 0 Å². The summed E-state index contributed by atoms with van der Waals surface area (Å²) < 4.78 is 19.7. The van der Waals surface area contributed by atoms with Gasteiger partial charge in [-0.25, -0.2) is 4.39 Å². The Kier molecular flexibility index (Phi) is 5.19. The fraction of sp³-hybridized carbons (Fsp3) is 0.381. The van der Waals surface area contributed by atoms with E-state index in [1.165, 1.54) is 22.1 Å². The minimum absolute atomic E-state index is 0.0344. The molecule has 0 saturated carbocycles. The second kappa shape index (κ2) is 7.77. The number of phenolic OH excluding ortho intramolecular Hbond substituents is 1. The van der Waals surface area contributed by atoms with Crippen molar-refractivity contribution in [1.82, 2.24) is 9.80 Å². The van der Waals surface area contributed by atoms with Crippen molar-refractivity contribution >= 4 is 5.91 Å². The molecule has 148 valence electrons. The van der Waals surface area contributed by atoms with Crippen LogP contribution in [-0.4, -0.2) is 64.8 Å². The van der Waals surface area contributed by atoms with Crippen molar-refractivity contribution in [3.05, 3.63) is 58.9 Å². The van der Waals surface area contributed by atoms with E-state index < -0.39 is 17.8 Å². The predicted octanol–water partition coefficient (Wildman–Crippen LogP) is 1.79. The highest BCUT2D eigenvalue weighted by molar-refractivity contribution is 5.97. The van der Waals surface area contributed by atoms with Crippen LogP contribution in [0.4, 0.5) is 4.39 Å². The molecule has 2 aliphatic rings. The monoisotopic (exact) mass is 386 g/mol. The molecule has 0 bridgehead atoms. The van der Waals surface area contributed by atoms with Gasteiger partial charge in [0.1, 0.15) is 29.5 Å². The smallest absolute Gasteiger partial charge is 0.260 e. The molecular formula is C21H23FN2O4. The van der Waals surface area contributed by atoms with Crippen LogP contribution < -0.4 is 4.74 Å². The molecule has 1 unspecified atom stereocenters. The molecule has 2 aliphatic heterocycles. The fourth-order valence-corrected chi connectivity index (χ4v) is 3.91. The summed E-state index contributed by atoms with van der Waals surface area (Å²) in [7, 11) is 0. The average Bonchev–Trinajstić information content (AvgIpc) is 2.80. The summed E-state index contributed by atoms with van der Waals surface area (Å²) in [5.41, 5.74) is 2.40. The summed E-state index contributed by atoms with van der Waals surface area (Å²) in [5, 5.41) is 20.1. The van der Waals surface area contributed by atoms with Gasteiger partial charge in [-0.3, -0.25) is 9.69 Å². The molecule has 7 heteroatoms. The number of benzene rings is 2. The van der Waals surface area contributed by atoms with Crippen LogP contribution in [0.5, 0.6) is 11.5 Å². The SMILES string of the molecule is O=C1c2c(F)cc(O)cc2OCCN1CC(O)CN1CCc2ccccc2C1. The predicted molar refractivity (Wildman–Crippen MR) is 101 cm³/mol. The molecule has 2 N–H and O–H groups in total. The highest BCUT2D eigenvalue weighted by Gasteiger charge is 2.29. The first-order valence-electron chi connectivity index (χ1n) is 9.43. The van der Waals surface area contributed by atoms with E-state index in [4.69, 9.17) is 4.74 Å². The fourth-order valence-electron chi connectivity index (χ4n) is 3.91. The Balaban J connectivity index is 1.42. The number of halogens is 1. The number of carbonyl (C=O) groups excluding carboxylic acids is 1. The third kappa shape index (κ3) is 3.81. The number of β-amino-alcohol motifs (C(OH)–C–C–N with tert-alkyl or cyclic N) is 1. The van der Waals surface area contributed by atoms with Crippen LogP contribution in [0, 0.1) is 5.82 Å². The van der Waals surface area contributed by atoms with Crippen LogP contribution in [-0.2, 0) is 13.0 Å². The van der Waals surface area contributed by atoms with Crippen molar-refractivity contribution < 1.29 is 24.1 Å². The number of aromatic hydroxyl groups is 1. The number of fused-ring (bicyclic) bond motifs is 2. The molecule has 0 saturated heterocycles. The van der Waals surface area contributed by atoms with Crippen molar-refractivity contribution in [2.24, 2.45) is 0 Å². The maximum atomic E-state index is 14.2. The van der Waals surface area contributed by atoms with E-state index in [1.54, 1.807) is 0 Å². The molecule has 2 aromatic carbocycles. The first-order valence-corrected chi connectivity index (χ1v) is 9.43. The zero-order chi connectivity index (χ0) is 19.7. The lowest BCUT2D eigenvalue weighted by atomic mass is 10.00. The van der Waals surface area contributed by atoms with Gasteiger partial charge in [0.15, 0.2) is 0 Å². The van der Waals surface area contributed by atoms with Crippen LogP contribution in [0.15, 0.2) is 36.4 Å². The van der Waals surface area contributed by atoms with E-state index in [2.05, 4.69) is 17.0 Å². The lowest BCUT2D eigenvalue weighted by Crippen LogP contribution is -2.44. The Morgan fingerprint density at radius 1 is 1.14 bits per heavy atom. The highest BCUT2D eigenvalue weighted by Crippen LogP contribution is 2.30. The number of amides is 1. The number of aliphatic hydroxyl groups is 1. The maximum Gasteiger partial charge on any atom is 0.260 e. The number of hydrogen-bond acceptors (Lipinski definition) is 5. The molecule has 0 aromatic heterocycles. The molecule has 2 aromatic rings. The summed E-state index contributed by atoms with van der Waals surface area (Å²) in [6, 6.07) is 10.4. The van der Waals surface area contributed by atoms with Gasteiger partial charge in [0.05, 0.1) is 12.6 Å². The van der Waals surface area contributed by atoms with Crippen molar-refractivity contribution in [2.75, 3.05) is 32.8 Å². The molecular weight excluding hydrogens is 363 g/mol. The Morgan fingerprint density at radius 2 is 1.93 bits per heavy atom. The highest BCUT2D eigenvalue weighted by atomic mass is 19.1. The van der Waals surface area contributed by atoms with Gasteiger partial charge in [-0.15, -0.1) is 0 Å². The molecule has 0 aliphatic carbocycles. The minimum atomic E-state index is -0.825. The Bertz CT molecular complexity index is 889. The lowest BCUT2D eigenvalue weighted by Gasteiger charge is -2.32. The maximum absolute atomic E-state index is 14.2. The molecule has 4 rings (SSSR count). The number of carbonyl (C=O) groups is 1. The van der Waals surface area contributed by atoms with Gasteiger partial charge in [0.25, 0.3) is 5.91 Å². The Hall–Kier alpha value is -2.64. The van der Waals surface area contributed by atoms with Gasteiger partial charge in [0, 0.05) is 38.3 Å². The molecule has 1 atom stereocenters. The van der Waals surface area contributed by atoms with E-state index in [1.807, 2.05) is 12.1 Å². The van der Waals surface area contributed by atoms with Gasteiger partial charge in [-0.05, 0) is 17.5 Å². The van der Waals surface area contributed by atoms with E-state index >= 15 is 0 Å². The molecule has 28 heavy (non-hydrogen) atoms. The quantitative estimate of drug-likeness (QED) is 0.838. The Labute approximate surface area is 162 Å². The standard InChI is InChI=1S/C21H23FN2O4/c22-18-9-16(25)10-19-20(18)21(27)24(7-8-28-19)13-17(26)12-23-6-5-14-3-1-2-4-15(14)11-23/h1-4,9-10,17,25-26H,5-8,11-13H2. The third-order valence-electron chi connectivity index (χ3n) is 5.27. The number of aliphatic hydroxyl groups excluding tert-OH is 1. The van der Waals surface area contributed by atoms with Gasteiger partial charge < -0.3 is 19.8 Å². The topological polar surface area (TPSA) is 73.2 Å². The van der Waals surface area contributed by atoms with Crippen LogP contribution in [0.2, 0.25) is 0 Å². The Morgan fingerprint density at radius 3 is 2.75 bits per heavy atom. The molecule has 1 amide bonds. The molecule has 0 spiro atoms. The number of hydrogen-bond donors (Lipinski definition) is 2. The zero-order valence-electron chi connectivity index (χ0n) is 15.5. The normalized spacial score (nSPS) is 18.1. The lowest BCUT2D eigenvalue weighted by molar-refractivity contribution is 0.0498. The summed E-state index contributed by atoms with van der Waals surface area (Å²) in [6.45, 7) is 2.56. The summed E-state index contributed by atoms with van der Waals surface area (Å²) >= 11 is 0. The van der Waals surface area contributed by atoms with E-state index in [0.29, 0.717) is 6.54 Å². The van der Waals surface area contributed by atoms with Gasteiger partial charge in [-0.1, -0.05) is 24.3 Å². The van der Waals surface area contributed by atoms with E-state index in [9.17, 15) is 19.4 Å². The summed E-state index contributed by atoms with van der Waals surface area (Å²) in [4.78, 5) is 16.3. The molecule has 6 nitrogen and oxygen atoms in total. The second-order valence-corrected chi connectivity index (χ2v) is 7.31. The van der Waals surface area contributed by atoms with Crippen molar-refractivity contribution in [3.8, 4) is 11.5 Å². The van der Waals surface area contributed by atoms with Crippen LogP contribution in [0.1, 0.15) is 21.5 Å². The van der Waals surface area contributed by atoms with E-state index in [-0.39, 0.29) is 36.8 Å². The first kappa shape index (κ1) is 18.7. The molecule has 2 heterocycles. The van der Waals surface area contributed by atoms with Crippen molar-refractivity contribution in [3.63, 3.8) is 0 Å². The number of nitrogens with zero attached hydrogens (tertiary/aromatic N) is 2. The van der Waals surface area contributed by atoms with Crippen LogP contribution in [0.3, 0.4) is 0 Å². The minimum Gasteiger partial charge on any atom is -0.508 e. The average molecular weight is 386 g/mol. The summed E-state index contributed by atoms with van der Waals surface area (Å²) in [6.07, 6.45) is 0.178. The molecule has 0 fully saturated rings. The van der Waals surface area contributed by atoms with E-state index in [0.717, 1.165) is 25.6 Å². The largest absolute Gasteiger partial charge is 0.508 e. The molecule has 0 radical (unpaired) electrons. The number of phenols is 1. The van der Waals surface area contributed by atoms with Gasteiger partial charge in [-0.2, -0.15) is 0 Å². The number of ether oxygens (including phenoxy) is 1. The second-order valence-electron chi connectivity index (χ2n) is 7.31. The third-order valence-corrected chi connectivity index (χ3v) is 5.27. The van der Waals surface area contributed by atoms with Crippen molar-refractivity contribution in [1.29, 1.82) is 0 Å². The summed E-state index contributed by atoms with van der Waals surface area (Å²) in [5.74, 6) is -1.61. The van der Waals surface area contributed by atoms with Crippen LogP contribution >= 0.6 is 0 Å². The zero-order valence-corrected chi connectivity index (χ0v) is 15.5. The van der Waals surface area contributed by atoms with Crippen LogP contribution in [0.25, 0.3) is 0 Å². The first-order chi connectivity index (χ1) is 13.5.